The average Bonchev–Trinajstić information content (AvgIpc) is 3.13. The molecular formula is C17H14O4. The molecule has 0 N–H and O–H groups in total. The minimum absolute atomic E-state index is 0.104. The molecule has 2 aliphatic rings. The third kappa shape index (κ3) is 2.23. The van der Waals surface area contributed by atoms with Crippen LogP contribution in [0.25, 0.3) is 0 Å². The quantitative estimate of drug-likeness (QED) is 0.627. The van der Waals surface area contributed by atoms with Gasteiger partial charge in [0.1, 0.15) is 5.75 Å². The molecule has 0 unspecified atom stereocenters. The number of ether oxygens (including phenoxy) is 3. The molecule has 0 amide bonds. The second-order valence-corrected chi connectivity index (χ2v) is 5.31. The summed E-state index contributed by atoms with van der Waals surface area (Å²) in [6.45, 7) is 0.213. The first-order valence-corrected chi connectivity index (χ1v) is 6.98. The topological polar surface area (TPSA) is 44.8 Å². The van der Waals surface area contributed by atoms with E-state index in [2.05, 4.69) is 12.1 Å². The van der Waals surface area contributed by atoms with Crippen molar-refractivity contribution >= 4 is 5.97 Å². The van der Waals surface area contributed by atoms with Crippen molar-refractivity contribution in [2.75, 3.05) is 6.79 Å². The monoisotopic (exact) mass is 282 g/mol. The first-order valence-electron chi connectivity index (χ1n) is 6.98. The molecule has 4 nitrogen and oxygen atoms in total. The Hall–Kier alpha value is -2.49. The van der Waals surface area contributed by atoms with Gasteiger partial charge in [0.15, 0.2) is 11.5 Å². The zero-order valence-electron chi connectivity index (χ0n) is 11.4. The van der Waals surface area contributed by atoms with Gasteiger partial charge in [-0.3, -0.25) is 4.79 Å². The summed E-state index contributed by atoms with van der Waals surface area (Å²) in [6.07, 6.45) is 1.50. The molecular weight excluding hydrogens is 268 g/mol. The number of esters is 1. The van der Waals surface area contributed by atoms with Crippen LogP contribution >= 0.6 is 0 Å². The Morgan fingerprint density at radius 2 is 1.71 bits per heavy atom. The number of hydrogen-bond donors (Lipinski definition) is 0. The largest absolute Gasteiger partial charge is 0.454 e. The molecule has 0 saturated heterocycles. The predicted octanol–water partition coefficient (Wildman–Crippen LogP) is 2.74. The van der Waals surface area contributed by atoms with Gasteiger partial charge in [-0.1, -0.05) is 24.3 Å². The van der Waals surface area contributed by atoms with Gasteiger partial charge >= 0.3 is 5.97 Å². The molecule has 106 valence electrons. The smallest absolute Gasteiger partial charge is 0.315 e. The third-order valence-corrected chi connectivity index (χ3v) is 3.95. The first-order chi connectivity index (χ1) is 10.3. The summed E-state index contributed by atoms with van der Waals surface area (Å²) >= 11 is 0. The molecule has 1 aliphatic carbocycles. The highest BCUT2D eigenvalue weighted by atomic mass is 16.7. The van der Waals surface area contributed by atoms with E-state index in [0.717, 1.165) is 12.8 Å². The van der Waals surface area contributed by atoms with Gasteiger partial charge in [-0.2, -0.15) is 0 Å². The van der Waals surface area contributed by atoms with E-state index in [9.17, 15) is 4.79 Å². The summed E-state index contributed by atoms with van der Waals surface area (Å²) in [5.41, 5.74) is 2.48. The van der Waals surface area contributed by atoms with Gasteiger partial charge < -0.3 is 14.2 Å². The van der Waals surface area contributed by atoms with Crippen molar-refractivity contribution in [3.8, 4) is 17.2 Å². The standard InChI is InChI=1S/C17H14O4/c18-17(13-7-11-3-1-2-4-12(11)8-13)21-14-5-6-15-16(9-14)20-10-19-15/h1-6,9,13H,7-8,10H2. The van der Waals surface area contributed by atoms with E-state index < -0.39 is 0 Å². The van der Waals surface area contributed by atoms with Crippen molar-refractivity contribution in [3.05, 3.63) is 53.6 Å². The second kappa shape index (κ2) is 4.81. The van der Waals surface area contributed by atoms with Gasteiger partial charge in [0.25, 0.3) is 0 Å². The molecule has 1 aliphatic heterocycles. The van der Waals surface area contributed by atoms with Gasteiger partial charge in [0.2, 0.25) is 6.79 Å². The Labute approximate surface area is 122 Å². The molecule has 21 heavy (non-hydrogen) atoms. The summed E-state index contributed by atoms with van der Waals surface area (Å²) in [5.74, 6) is 1.51. The summed E-state index contributed by atoms with van der Waals surface area (Å²) in [7, 11) is 0. The van der Waals surface area contributed by atoms with Crippen LogP contribution < -0.4 is 14.2 Å². The Morgan fingerprint density at radius 3 is 2.48 bits per heavy atom. The second-order valence-electron chi connectivity index (χ2n) is 5.31. The Kier molecular flexibility index (Phi) is 2.81. The number of rotatable bonds is 2. The maximum atomic E-state index is 12.3. The van der Waals surface area contributed by atoms with Crippen LogP contribution in [0.2, 0.25) is 0 Å². The fourth-order valence-electron chi connectivity index (χ4n) is 2.87. The fourth-order valence-corrected chi connectivity index (χ4v) is 2.87. The normalized spacial score (nSPS) is 15.8. The number of benzene rings is 2. The number of hydrogen-bond acceptors (Lipinski definition) is 4. The SMILES string of the molecule is O=C(Oc1ccc2c(c1)OCO2)C1Cc2ccccc2C1. The van der Waals surface area contributed by atoms with Gasteiger partial charge in [-0.15, -0.1) is 0 Å². The summed E-state index contributed by atoms with van der Waals surface area (Å²) in [6, 6.07) is 13.3. The number of carbonyl (C=O) groups is 1. The van der Waals surface area contributed by atoms with Crippen molar-refractivity contribution in [3.63, 3.8) is 0 Å². The summed E-state index contributed by atoms with van der Waals surface area (Å²) in [4.78, 5) is 12.3. The lowest BCUT2D eigenvalue weighted by Gasteiger charge is -2.09. The highest BCUT2D eigenvalue weighted by molar-refractivity contribution is 5.77. The van der Waals surface area contributed by atoms with E-state index in [1.54, 1.807) is 18.2 Å². The highest BCUT2D eigenvalue weighted by Gasteiger charge is 2.29. The minimum Gasteiger partial charge on any atom is -0.454 e. The predicted molar refractivity (Wildman–Crippen MR) is 75.5 cm³/mol. The van der Waals surface area contributed by atoms with E-state index in [-0.39, 0.29) is 18.7 Å². The molecule has 0 aromatic heterocycles. The number of fused-ring (bicyclic) bond motifs is 2. The van der Waals surface area contributed by atoms with Gasteiger partial charge in [-0.25, -0.2) is 0 Å². The molecule has 0 saturated carbocycles. The molecule has 1 heterocycles. The molecule has 0 fully saturated rings. The van der Waals surface area contributed by atoms with Gasteiger partial charge in [-0.05, 0) is 36.1 Å². The molecule has 2 aromatic carbocycles. The van der Waals surface area contributed by atoms with E-state index in [1.807, 2.05) is 12.1 Å². The maximum Gasteiger partial charge on any atom is 0.315 e. The Balaban J connectivity index is 1.47. The Morgan fingerprint density at radius 1 is 1.00 bits per heavy atom. The van der Waals surface area contributed by atoms with Crippen LogP contribution in [0.5, 0.6) is 17.2 Å². The summed E-state index contributed by atoms with van der Waals surface area (Å²) < 4.78 is 16.0. The Bertz CT molecular complexity index is 683. The maximum absolute atomic E-state index is 12.3. The van der Waals surface area contributed by atoms with Crippen LogP contribution in [0.1, 0.15) is 11.1 Å². The van der Waals surface area contributed by atoms with E-state index in [0.29, 0.717) is 17.2 Å². The van der Waals surface area contributed by atoms with Crippen LogP contribution in [-0.4, -0.2) is 12.8 Å². The first kappa shape index (κ1) is 12.3. The number of carbonyl (C=O) groups excluding carboxylic acids is 1. The molecule has 4 heteroatoms. The molecule has 2 aromatic rings. The lowest BCUT2D eigenvalue weighted by Crippen LogP contribution is -2.20. The average molecular weight is 282 g/mol. The van der Waals surface area contributed by atoms with E-state index in [1.165, 1.54) is 11.1 Å². The van der Waals surface area contributed by atoms with Crippen LogP contribution in [0, 0.1) is 5.92 Å². The lowest BCUT2D eigenvalue weighted by atomic mass is 10.1. The molecule has 0 bridgehead atoms. The van der Waals surface area contributed by atoms with Gasteiger partial charge in [0.05, 0.1) is 5.92 Å². The minimum atomic E-state index is -0.190. The fraction of sp³-hybridized carbons (Fsp3) is 0.235. The van der Waals surface area contributed by atoms with Crippen LogP contribution in [0.4, 0.5) is 0 Å². The molecule has 4 rings (SSSR count). The van der Waals surface area contributed by atoms with Crippen molar-refractivity contribution in [2.45, 2.75) is 12.8 Å². The van der Waals surface area contributed by atoms with Gasteiger partial charge in [0, 0.05) is 6.07 Å². The highest BCUT2D eigenvalue weighted by Crippen LogP contribution is 2.36. The van der Waals surface area contributed by atoms with Crippen LogP contribution in [0.3, 0.4) is 0 Å². The van der Waals surface area contributed by atoms with Crippen LogP contribution in [-0.2, 0) is 17.6 Å². The molecule has 0 atom stereocenters. The van der Waals surface area contributed by atoms with Crippen molar-refractivity contribution in [1.82, 2.24) is 0 Å². The van der Waals surface area contributed by atoms with Crippen molar-refractivity contribution in [1.29, 1.82) is 0 Å². The molecule has 0 radical (unpaired) electrons. The van der Waals surface area contributed by atoms with Crippen LogP contribution in [0.15, 0.2) is 42.5 Å². The van der Waals surface area contributed by atoms with Crippen molar-refractivity contribution < 1.29 is 19.0 Å². The third-order valence-electron chi connectivity index (χ3n) is 3.95. The summed E-state index contributed by atoms with van der Waals surface area (Å²) in [5, 5.41) is 0. The zero-order valence-corrected chi connectivity index (χ0v) is 11.4. The van der Waals surface area contributed by atoms with E-state index >= 15 is 0 Å². The molecule has 0 spiro atoms. The van der Waals surface area contributed by atoms with Crippen molar-refractivity contribution in [2.24, 2.45) is 5.92 Å². The lowest BCUT2D eigenvalue weighted by molar-refractivity contribution is -0.138. The van der Waals surface area contributed by atoms with E-state index in [4.69, 9.17) is 14.2 Å². The zero-order chi connectivity index (χ0) is 14.2.